The smallest absolute Gasteiger partial charge is 0.159 e. The molecule has 0 aliphatic carbocycles. The van der Waals surface area contributed by atoms with Crippen molar-refractivity contribution in [2.24, 2.45) is 0 Å². The largest absolute Gasteiger partial charge is 0.309 e. The van der Waals surface area contributed by atoms with E-state index in [1.165, 1.54) is 6.07 Å². The van der Waals surface area contributed by atoms with Crippen LogP contribution in [0.15, 0.2) is 40.9 Å². The van der Waals surface area contributed by atoms with Gasteiger partial charge in [-0.05, 0) is 46.7 Å². The van der Waals surface area contributed by atoms with Gasteiger partial charge in [0.15, 0.2) is 11.6 Å². The van der Waals surface area contributed by atoms with E-state index >= 15 is 0 Å². The molecule has 19 heavy (non-hydrogen) atoms. The number of halogens is 4. The molecular formula is C14H11BrF3N. The Hall–Kier alpha value is -1.33. The van der Waals surface area contributed by atoms with Gasteiger partial charge < -0.3 is 5.32 Å². The molecule has 1 N–H and O–H groups in total. The fraction of sp³-hybridized carbons (Fsp3) is 0.143. The Kier molecular flexibility index (Phi) is 4.27. The van der Waals surface area contributed by atoms with Crippen molar-refractivity contribution in [3.63, 3.8) is 0 Å². The van der Waals surface area contributed by atoms with Gasteiger partial charge in [-0.15, -0.1) is 0 Å². The third-order valence-electron chi connectivity index (χ3n) is 2.86. The van der Waals surface area contributed by atoms with E-state index in [2.05, 4.69) is 21.2 Å². The second-order valence-electron chi connectivity index (χ2n) is 4.04. The van der Waals surface area contributed by atoms with Gasteiger partial charge >= 0.3 is 0 Å². The van der Waals surface area contributed by atoms with Crippen molar-refractivity contribution in [1.82, 2.24) is 5.32 Å². The standard InChI is InChI=1S/C14H11BrF3N/c1-19-14(8-5-6-11(16)12(17)7-8)9-3-2-4-10(15)13(9)18/h2-7,14,19H,1H3. The molecule has 0 bridgehead atoms. The van der Waals surface area contributed by atoms with Gasteiger partial charge in [0, 0.05) is 5.56 Å². The van der Waals surface area contributed by atoms with Gasteiger partial charge in [0.05, 0.1) is 10.5 Å². The van der Waals surface area contributed by atoms with Crippen molar-refractivity contribution >= 4 is 15.9 Å². The quantitative estimate of drug-likeness (QED) is 0.890. The molecule has 0 amide bonds. The second-order valence-corrected chi connectivity index (χ2v) is 4.89. The molecule has 0 aliphatic heterocycles. The summed E-state index contributed by atoms with van der Waals surface area (Å²) in [6.45, 7) is 0. The summed E-state index contributed by atoms with van der Waals surface area (Å²) in [5.41, 5.74) is 0.821. The van der Waals surface area contributed by atoms with Crippen LogP contribution in [-0.4, -0.2) is 7.05 Å². The molecule has 0 fully saturated rings. The first-order chi connectivity index (χ1) is 9.04. The zero-order valence-electron chi connectivity index (χ0n) is 10.1. The van der Waals surface area contributed by atoms with Gasteiger partial charge in [-0.25, -0.2) is 13.2 Å². The highest BCUT2D eigenvalue weighted by atomic mass is 79.9. The number of benzene rings is 2. The van der Waals surface area contributed by atoms with Gasteiger partial charge in [0.2, 0.25) is 0 Å². The van der Waals surface area contributed by atoms with Crippen molar-refractivity contribution in [3.05, 3.63) is 69.4 Å². The van der Waals surface area contributed by atoms with Crippen LogP contribution in [0.3, 0.4) is 0 Å². The lowest BCUT2D eigenvalue weighted by Gasteiger charge is -2.18. The average molecular weight is 330 g/mol. The molecular weight excluding hydrogens is 319 g/mol. The predicted octanol–water partition coefficient (Wildman–Crippen LogP) is 4.18. The molecule has 0 heterocycles. The molecule has 0 spiro atoms. The molecule has 1 unspecified atom stereocenters. The van der Waals surface area contributed by atoms with Gasteiger partial charge in [-0.3, -0.25) is 0 Å². The number of rotatable bonds is 3. The van der Waals surface area contributed by atoms with Crippen LogP contribution in [0.5, 0.6) is 0 Å². The summed E-state index contributed by atoms with van der Waals surface area (Å²) < 4.78 is 40.6. The van der Waals surface area contributed by atoms with Crippen molar-refractivity contribution in [3.8, 4) is 0 Å². The summed E-state index contributed by atoms with van der Waals surface area (Å²) in [5, 5.41) is 2.90. The van der Waals surface area contributed by atoms with Gasteiger partial charge in [0.1, 0.15) is 5.82 Å². The highest BCUT2D eigenvalue weighted by Gasteiger charge is 2.18. The fourth-order valence-electron chi connectivity index (χ4n) is 1.94. The van der Waals surface area contributed by atoms with Gasteiger partial charge in [0.25, 0.3) is 0 Å². The van der Waals surface area contributed by atoms with Crippen LogP contribution in [0.4, 0.5) is 13.2 Å². The molecule has 0 radical (unpaired) electrons. The Morgan fingerprint density at radius 3 is 2.42 bits per heavy atom. The Morgan fingerprint density at radius 2 is 1.79 bits per heavy atom. The van der Waals surface area contributed by atoms with Crippen LogP contribution < -0.4 is 5.32 Å². The lowest BCUT2D eigenvalue weighted by atomic mass is 9.98. The third-order valence-corrected chi connectivity index (χ3v) is 3.47. The molecule has 100 valence electrons. The SMILES string of the molecule is CNC(c1ccc(F)c(F)c1)c1cccc(Br)c1F. The van der Waals surface area contributed by atoms with E-state index in [1.54, 1.807) is 25.2 Å². The Morgan fingerprint density at radius 1 is 1.05 bits per heavy atom. The van der Waals surface area contributed by atoms with Crippen molar-refractivity contribution in [1.29, 1.82) is 0 Å². The Bertz CT molecular complexity index is 601. The summed E-state index contributed by atoms with van der Waals surface area (Å²) in [5.74, 6) is -2.30. The Balaban J connectivity index is 2.50. The van der Waals surface area contributed by atoms with Crippen LogP contribution in [0, 0.1) is 17.5 Å². The van der Waals surface area contributed by atoms with Crippen molar-refractivity contribution in [2.75, 3.05) is 7.05 Å². The van der Waals surface area contributed by atoms with E-state index in [9.17, 15) is 13.2 Å². The summed E-state index contributed by atoms with van der Waals surface area (Å²) >= 11 is 3.11. The average Bonchev–Trinajstić information content (AvgIpc) is 2.39. The van der Waals surface area contributed by atoms with Crippen LogP contribution in [-0.2, 0) is 0 Å². The monoisotopic (exact) mass is 329 g/mol. The minimum atomic E-state index is -0.951. The lowest BCUT2D eigenvalue weighted by molar-refractivity contribution is 0.503. The highest BCUT2D eigenvalue weighted by molar-refractivity contribution is 9.10. The molecule has 1 nitrogen and oxygen atoms in total. The third kappa shape index (κ3) is 2.82. The zero-order valence-corrected chi connectivity index (χ0v) is 11.6. The summed E-state index contributed by atoms with van der Waals surface area (Å²) in [6.07, 6.45) is 0. The van der Waals surface area contributed by atoms with Gasteiger partial charge in [-0.2, -0.15) is 0 Å². The maximum Gasteiger partial charge on any atom is 0.159 e. The normalized spacial score (nSPS) is 12.5. The first kappa shape index (κ1) is 14.1. The van der Waals surface area contributed by atoms with E-state index in [0.29, 0.717) is 15.6 Å². The first-order valence-corrected chi connectivity index (χ1v) is 6.40. The molecule has 2 aromatic rings. The highest BCUT2D eigenvalue weighted by Crippen LogP contribution is 2.28. The maximum absolute atomic E-state index is 14.0. The van der Waals surface area contributed by atoms with Crippen molar-refractivity contribution < 1.29 is 13.2 Å². The molecule has 0 saturated heterocycles. The topological polar surface area (TPSA) is 12.0 Å². The Labute approximate surface area is 117 Å². The van der Waals surface area contributed by atoms with E-state index < -0.39 is 23.5 Å². The molecule has 2 aromatic carbocycles. The molecule has 0 saturated carbocycles. The number of hydrogen-bond acceptors (Lipinski definition) is 1. The number of hydrogen-bond donors (Lipinski definition) is 1. The van der Waals surface area contributed by atoms with Crippen LogP contribution in [0.2, 0.25) is 0 Å². The second kappa shape index (κ2) is 5.75. The van der Waals surface area contributed by atoms with E-state index in [0.717, 1.165) is 12.1 Å². The maximum atomic E-state index is 14.0. The van der Waals surface area contributed by atoms with Crippen LogP contribution in [0.1, 0.15) is 17.2 Å². The fourth-order valence-corrected chi connectivity index (χ4v) is 2.32. The molecule has 2 rings (SSSR count). The lowest BCUT2D eigenvalue weighted by Crippen LogP contribution is -2.19. The summed E-state index contributed by atoms with van der Waals surface area (Å²) in [7, 11) is 1.63. The molecule has 5 heteroatoms. The van der Waals surface area contributed by atoms with Crippen LogP contribution in [0.25, 0.3) is 0 Å². The van der Waals surface area contributed by atoms with E-state index in [1.807, 2.05) is 0 Å². The minimum absolute atomic E-state index is 0.327. The van der Waals surface area contributed by atoms with Crippen LogP contribution >= 0.6 is 15.9 Å². The number of nitrogens with one attached hydrogen (secondary N) is 1. The first-order valence-electron chi connectivity index (χ1n) is 5.60. The molecule has 0 aliphatic rings. The molecule has 0 aromatic heterocycles. The van der Waals surface area contributed by atoms with E-state index in [4.69, 9.17) is 0 Å². The zero-order chi connectivity index (χ0) is 14.0. The predicted molar refractivity (Wildman–Crippen MR) is 71.4 cm³/mol. The minimum Gasteiger partial charge on any atom is -0.309 e. The summed E-state index contributed by atoms with van der Waals surface area (Å²) in [4.78, 5) is 0. The van der Waals surface area contributed by atoms with E-state index in [-0.39, 0.29) is 0 Å². The summed E-state index contributed by atoms with van der Waals surface area (Å²) in [6, 6.07) is 7.85. The molecule has 1 atom stereocenters. The van der Waals surface area contributed by atoms with Crippen molar-refractivity contribution in [2.45, 2.75) is 6.04 Å². The van der Waals surface area contributed by atoms with Gasteiger partial charge in [-0.1, -0.05) is 18.2 Å².